The van der Waals surface area contributed by atoms with Gasteiger partial charge in [0, 0.05) is 9.37 Å². The Labute approximate surface area is 78.8 Å². The third kappa shape index (κ3) is 3.76. The van der Waals surface area contributed by atoms with E-state index in [0.717, 1.165) is 21.4 Å². The van der Waals surface area contributed by atoms with Gasteiger partial charge in [0.1, 0.15) is 0 Å². The molecule has 0 spiro atoms. The van der Waals surface area contributed by atoms with Crippen molar-refractivity contribution in [3.8, 4) is 0 Å². The van der Waals surface area contributed by atoms with E-state index >= 15 is 0 Å². The van der Waals surface area contributed by atoms with Crippen LogP contribution < -0.4 is 0 Å². The summed E-state index contributed by atoms with van der Waals surface area (Å²) in [5.74, 6) is 0. The molecule has 2 nitrogen and oxygen atoms in total. The van der Waals surface area contributed by atoms with Crippen molar-refractivity contribution in [1.29, 1.82) is 0 Å². The van der Waals surface area contributed by atoms with Crippen molar-refractivity contribution in [2.24, 2.45) is 0 Å². The van der Waals surface area contributed by atoms with Gasteiger partial charge in [-0.05, 0) is 24.3 Å². The average molecular weight is 237 g/mol. The normalized spacial score (nSPS) is 8.91. The van der Waals surface area contributed by atoms with Crippen LogP contribution >= 0.6 is 28.0 Å². The third-order valence-electron chi connectivity index (χ3n) is 0.947. The highest BCUT2D eigenvalue weighted by Gasteiger charge is 1.91. The highest BCUT2D eigenvalue weighted by molar-refractivity contribution is 9.10. The van der Waals surface area contributed by atoms with E-state index in [9.17, 15) is 0 Å². The summed E-state index contributed by atoms with van der Waals surface area (Å²) in [6.07, 6.45) is 0. The topological polar surface area (TPSA) is 29.5 Å². The van der Waals surface area contributed by atoms with Gasteiger partial charge in [0.05, 0.1) is 12.0 Å². The fourth-order valence-corrected chi connectivity index (χ4v) is 1.13. The van der Waals surface area contributed by atoms with E-state index in [2.05, 4.69) is 20.3 Å². The van der Waals surface area contributed by atoms with Crippen LogP contribution in [0.1, 0.15) is 7.43 Å². The monoisotopic (exact) mass is 236 g/mol. The maximum atomic E-state index is 8.04. The highest BCUT2D eigenvalue weighted by Crippen LogP contribution is 2.19. The van der Waals surface area contributed by atoms with Gasteiger partial charge in [0.25, 0.3) is 0 Å². The predicted octanol–water partition coefficient (Wildman–Crippen LogP) is 3.58. The molecule has 4 heteroatoms. The molecule has 0 atom stereocenters. The first kappa shape index (κ1) is 11.0. The zero-order chi connectivity index (χ0) is 7.40. The Morgan fingerprint density at radius 3 is 2.27 bits per heavy atom. The first-order chi connectivity index (χ1) is 4.83. The summed E-state index contributed by atoms with van der Waals surface area (Å²) in [7, 11) is 0. The first-order valence-electron chi connectivity index (χ1n) is 2.56. The lowest BCUT2D eigenvalue weighted by Crippen LogP contribution is -1.71. The molecular formula is C7H9BrO2S. The van der Waals surface area contributed by atoms with E-state index in [1.807, 2.05) is 24.3 Å². The fourth-order valence-electron chi connectivity index (χ4n) is 0.533. The number of rotatable bonds is 2. The molecule has 62 valence electrons. The van der Waals surface area contributed by atoms with Crippen molar-refractivity contribution in [3.05, 3.63) is 28.7 Å². The molecule has 11 heavy (non-hydrogen) atoms. The second kappa shape index (κ2) is 5.60. The zero-order valence-corrected chi connectivity index (χ0v) is 7.35. The number of hydrogen-bond acceptors (Lipinski definition) is 3. The molecular weight excluding hydrogens is 228 g/mol. The molecule has 0 saturated heterocycles. The van der Waals surface area contributed by atoms with E-state index in [0.29, 0.717) is 0 Å². The van der Waals surface area contributed by atoms with Crippen LogP contribution in [0.2, 0.25) is 0 Å². The Bertz CT molecular complexity index is 200. The summed E-state index contributed by atoms with van der Waals surface area (Å²) in [4.78, 5) is 0.866. The van der Waals surface area contributed by atoms with E-state index in [-0.39, 0.29) is 7.43 Å². The predicted molar refractivity (Wildman–Crippen MR) is 50.4 cm³/mol. The van der Waals surface area contributed by atoms with Gasteiger partial charge in [0.15, 0.2) is 0 Å². The van der Waals surface area contributed by atoms with Crippen LogP contribution in [0, 0.1) is 0 Å². The molecule has 1 N–H and O–H groups in total. The summed E-state index contributed by atoms with van der Waals surface area (Å²) < 4.78 is 4.88. The molecule has 0 heterocycles. The van der Waals surface area contributed by atoms with Crippen molar-refractivity contribution in [2.45, 2.75) is 12.3 Å². The summed E-state index contributed by atoms with van der Waals surface area (Å²) in [6.45, 7) is 0. The lowest BCUT2D eigenvalue weighted by Gasteiger charge is -1.94. The van der Waals surface area contributed by atoms with Gasteiger partial charge >= 0.3 is 0 Å². The van der Waals surface area contributed by atoms with Gasteiger partial charge in [-0.15, -0.1) is 0 Å². The second-order valence-electron chi connectivity index (χ2n) is 1.61. The summed E-state index contributed by atoms with van der Waals surface area (Å²) in [5.41, 5.74) is 0. The van der Waals surface area contributed by atoms with Gasteiger partial charge in [-0.2, -0.15) is 4.33 Å². The van der Waals surface area contributed by atoms with Gasteiger partial charge in [-0.3, -0.25) is 0 Å². The Hall–Kier alpha value is -0.0300. The molecule has 0 aliphatic rings. The van der Waals surface area contributed by atoms with Crippen molar-refractivity contribution in [2.75, 3.05) is 0 Å². The van der Waals surface area contributed by atoms with Crippen molar-refractivity contribution < 1.29 is 9.59 Å². The molecule has 0 amide bonds. The molecule has 1 rings (SSSR count). The molecule has 1 aromatic carbocycles. The summed E-state index contributed by atoms with van der Waals surface area (Å²) >= 11 is 4.20. The maximum absolute atomic E-state index is 8.04. The lowest BCUT2D eigenvalue weighted by atomic mass is 10.4. The molecule has 0 aromatic heterocycles. The molecule has 0 aliphatic carbocycles. The number of halogens is 1. The quantitative estimate of drug-likeness (QED) is 0.484. The largest absolute Gasteiger partial charge is 0.239 e. The maximum Gasteiger partial charge on any atom is 0.0679 e. The Balaban J connectivity index is 0.000001000. The summed E-state index contributed by atoms with van der Waals surface area (Å²) in [5, 5.41) is 8.04. The van der Waals surface area contributed by atoms with Crippen molar-refractivity contribution >= 4 is 28.0 Å². The number of benzene rings is 1. The molecule has 0 saturated carbocycles. The van der Waals surface area contributed by atoms with Gasteiger partial charge in [-0.1, -0.05) is 23.4 Å². The van der Waals surface area contributed by atoms with Crippen LogP contribution in [0.5, 0.6) is 0 Å². The van der Waals surface area contributed by atoms with Crippen molar-refractivity contribution in [3.63, 3.8) is 0 Å². The lowest BCUT2D eigenvalue weighted by molar-refractivity contribution is -0.116. The zero-order valence-electron chi connectivity index (χ0n) is 4.95. The van der Waals surface area contributed by atoms with Crippen molar-refractivity contribution in [1.82, 2.24) is 0 Å². The van der Waals surface area contributed by atoms with E-state index in [1.165, 1.54) is 0 Å². The van der Waals surface area contributed by atoms with Crippen LogP contribution in [-0.4, -0.2) is 5.26 Å². The molecule has 0 aliphatic heterocycles. The SMILES string of the molecule is C.OOSc1ccc(Br)cc1. The third-order valence-corrected chi connectivity index (χ3v) is 2.01. The van der Waals surface area contributed by atoms with Gasteiger partial charge in [-0.25, -0.2) is 5.26 Å². The van der Waals surface area contributed by atoms with Crippen LogP contribution in [-0.2, 0) is 4.33 Å². The Kier molecular flexibility index (Phi) is 5.58. The molecule has 0 unspecified atom stereocenters. The second-order valence-corrected chi connectivity index (χ2v) is 3.31. The van der Waals surface area contributed by atoms with E-state index in [4.69, 9.17) is 5.26 Å². The average Bonchev–Trinajstić information content (AvgIpc) is 1.95. The van der Waals surface area contributed by atoms with Crippen LogP contribution in [0.25, 0.3) is 0 Å². The molecule has 0 radical (unpaired) electrons. The Morgan fingerprint density at radius 1 is 1.27 bits per heavy atom. The Morgan fingerprint density at radius 2 is 1.82 bits per heavy atom. The minimum absolute atomic E-state index is 0. The van der Waals surface area contributed by atoms with Crippen LogP contribution in [0.4, 0.5) is 0 Å². The van der Waals surface area contributed by atoms with Crippen LogP contribution in [0.15, 0.2) is 33.6 Å². The minimum Gasteiger partial charge on any atom is -0.239 e. The van der Waals surface area contributed by atoms with E-state index < -0.39 is 0 Å². The van der Waals surface area contributed by atoms with Gasteiger partial charge in [0.2, 0.25) is 0 Å². The highest BCUT2D eigenvalue weighted by atomic mass is 79.9. The standard InChI is InChI=1S/C6H5BrO2S.CH4/c7-5-1-3-6(4-2-5)10-9-8;/h1-4,8H;1H4. The first-order valence-corrected chi connectivity index (χ1v) is 4.10. The molecule has 0 bridgehead atoms. The van der Waals surface area contributed by atoms with E-state index in [1.54, 1.807) is 0 Å². The van der Waals surface area contributed by atoms with Gasteiger partial charge < -0.3 is 0 Å². The van der Waals surface area contributed by atoms with Crippen LogP contribution in [0.3, 0.4) is 0 Å². The molecule has 0 fully saturated rings. The molecule has 1 aromatic rings. The summed E-state index contributed by atoms with van der Waals surface area (Å²) in [6, 6.07) is 7.43. The number of hydrogen-bond donors (Lipinski definition) is 1. The smallest absolute Gasteiger partial charge is 0.0679 e. The fraction of sp³-hybridized carbons (Fsp3) is 0.143. The minimum atomic E-state index is 0.